The number of pyridine rings is 2. The Morgan fingerprint density at radius 2 is 1.79 bits per heavy atom. The third kappa shape index (κ3) is 9.53. The quantitative estimate of drug-likeness (QED) is 0.0716. The number of nitrogens with one attached hydrogen (secondary N) is 3. The van der Waals surface area contributed by atoms with Crippen LogP contribution in [0.1, 0.15) is 42.1 Å². The van der Waals surface area contributed by atoms with Gasteiger partial charge in [0.1, 0.15) is 18.2 Å². The van der Waals surface area contributed by atoms with Crippen LogP contribution < -0.4 is 25.2 Å². The Morgan fingerprint density at radius 3 is 2.54 bits per heavy atom. The summed E-state index contributed by atoms with van der Waals surface area (Å²) in [6, 6.07) is 3.60. The molecule has 2 fully saturated rings. The number of aromatic nitrogens is 2. The molecule has 262 valence electrons. The van der Waals surface area contributed by atoms with Crippen LogP contribution in [0.3, 0.4) is 0 Å². The van der Waals surface area contributed by atoms with E-state index in [4.69, 9.17) is 25.6 Å². The zero-order chi connectivity index (χ0) is 34.8. The first kappa shape index (κ1) is 34.3. The Labute approximate surface area is 282 Å². The number of hydrogen-bond donors (Lipinski definition) is 5. The van der Waals surface area contributed by atoms with Gasteiger partial charge in [-0.2, -0.15) is 0 Å². The van der Waals surface area contributed by atoms with Gasteiger partial charge in [-0.05, 0) is 25.3 Å². The van der Waals surface area contributed by atoms with E-state index >= 15 is 0 Å². The summed E-state index contributed by atoms with van der Waals surface area (Å²) in [6.45, 7) is 8.82. The molecule has 5 rings (SSSR count). The van der Waals surface area contributed by atoms with E-state index in [2.05, 4.69) is 43.9 Å². The van der Waals surface area contributed by atoms with E-state index in [1.165, 1.54) is 4.90 Å². The van der Waals surface area contributed by atoms with Gasteiger partial charge in [0.05, 0.1) is 49.2 Å². The third-order valence-corrected chi connectivity index (χ3v) is 8.59. The molecule has 3 amide bonds. The number of amidine groups is 1. The second kappa shape index (κ2) is 17.7. The van der Waals surface area contributed by atoms with Crippen molar-refractivity contribution in [2.75, 3.05) is 65.8 Å². The highest BCUT2D eigenvalue weighted by molar-refractivity contribution is 6.01. The maximum Gasteiger partial charge on any atom is 0.343 e. The molecule has 2 aromatic heterocycles. The maximum absolute atomic E-state index is 12.9. The largest absolute Gasteiger partial charge is 0.390 e. The van der Waals surface area contributed by atoms with E-state index in [0.29, 0.717) is 90.2 Å². The van der Waals surface area contributed by atoms with Gasteiger partial charge in [0.15, 0.2) is 26.2 Å². The molecule has 48 heavy (non-hydrogen) atoms. The van der Waals surface area contributed by atoms with Gasteiger partial charge in [-0.25, -0.2) is 10.3 Å². The van der Waals surface area contributed by atoms with Crippen LogP contribution in [0.25, 0.3) is 11.1 Å². The van der Waals surface area contributed by atoms with Gasteiger partial charge >= 0.3 is 12.7 Å². The van der Waals surface area contributed by atoms with Crippen molar-refractivity contribution in [2.45, 2.75) is 58.2 Å². The number of rotatable bonds is 18. The molecule has 3 aliphatic rings. The first-order valence-corrected chi connectivity index (χ1v) is 16.6. The molecule has 0 radical (unpaired) electrons. The Balaban J connectivity index is 0.858. The van der Waals surface area contributed by atoms with Gasteiger partial charge in [0, 0.05) is 63.9 Å². The SMILES string of the molecule is [2H]N(O)CC1OC(N2CC(C)C(=NCCCOCCOCCOCCCNC(=O)c3cc[n+]4cc3-c3c[n+](ccc3C)C4)NC2=O)CC1O. The minimum atomic E-state index is -0.871. The monoisotopic (exact) mass is 672 g/mol. The lowest BCUT2D eigenvalue weighted by atomic mass is 9.99. The van der Waals surface area contributed by atoms with E-state index < -0.39 is 18.4 Å². The first-order valence-electron chi connectivity index (χ1n) is 17.1. The van der Waals surface area contributed by atoms with Crippen LogP contribution in [0.4, 0.5) is 4.79 Å². The number of fused-ring (bicyclic) bond motifs is 5. The second-order valence-corrected chi connectivity index (χ2v) is 12.3. The predicted molar refractivity (Wildman–Crippen MR) is 172 cm³/mol. The van der Waals surface area contributed by atoms with Crippen molar-refractivity contribution in [1.29, 1.82) is 0 Å². The third-order valence-electron chi connectivity index (χ3n) is 8.59. The molecule has 4 unspecified atom stereocenters. The molecule has 4 atom stereocenters. The number of aliphatic hydroxyl groups is 1. The van der Waals surface area contributed by atoms with Crippen molar-refractivity contribution < 1.29 is 49.4 Å². The fourth-order valence-corrected chi connectivity index (χ4v) is 5.95. The normalized spacial score (nSPS) is 22.9. The average Bonchev–Trinajstić information content (AvgIpc) is 3.37. The maximum atomic E-state index is 12.9. The van der Waals surface area contributed by atoms with Crippen LogP contribution in [0.5, 0.6) is 0 Å². The Kier molecular flexibility index (Phi) is 12.7. The zero-order valence-corrected chi connectivity index (χ0v) is 27.8. The minimum Gasteiger partial charge on any atom is -0.390 e. The summed E-state index contributed by atoms with van der Waals surface area (Å²) in [5.41, 5.74) is 4.01. The molecule has 2 aromatic rings. The number of amides is 3. The van der Waals surface area contributed by atoms with Crippen LogP contribution >= 0.6 is 0 Å². The molecule has 0 saturated carbocycles. The summed E-state index contributed by atoms with van der Waals surface area (Å²) in [7, 11) is 0. The molecule has 4 bridgehead atoms. The van der Waals surface area contributed by atoms with Crippen molar-refractivity contribution in [3.63, 3.8) is 0 Å². The van der Waals surface area contributed by atoms with Crippen LogP contribution in [-0.4, -0.2) is 117 Å². The van der Waals surface area contributed by atoms with E-state index in [-0.39, 0.29) is 36.3 Å². The number of nitrogens with zero attached hydrogens (tertiary/aromatic N) is 4. The molecule has 5 heterocycles. The van der Waals surface area contributed by atoms with Crippen molar-refractivity contribution in [1.82, 2.24) is 21.0 Å². The van der Waals surface area contributed by atoms with E-state index in [1.807, 2.05) is 31.6 Å². The molecule has 0 aromatic carbocycles. The number of hydroxylamine groups is 1. The number of aliphatic imine (C=N–C) groups is 1. The minimum absolute atomic E-state index is 0.0465. The fourth-order valence-electron chi connectivity index (χ4n) is 5.95. The van der Waals surface area contributed by atoms with Gasteiger partial charge < -0.3 is 34.6 Å². The van der Waals surface area contributed by atoms with E-state index in [1.54, 1.807) is 0 Å². The summed E-state index contributed by atoms with van der Waals surface area (Å²) in [6.07, 6.45) is 7.45. The highest BCUT2D eigenvalue weighted by Crippen LogP contribution is 2.26. The van der Waals surface area contributed by atoms with Gasteiger partial charge in [-0.15, -0.1) is 9.13 Å². The number of carbonyl (C=O) groups excluding carboxylic acids is 2. The van der Waals surface area contributed by atoms with Gasteiger partial charge in [-0.1, -0.05) is 6.92 Å². The second-order valence-electron chi connectivity index (χ2n) is 12.3. The molecule has 2 saturated heterocycles. The van der Waals surface area contributed by atoms with Gasteiger partial charge in [0.25, 0.3) is 5.91 Å². The molecular weight excluding hydrogens is 622 g/mol. The van der Waals surface area contributed by atoms with Crippen molar-refractivity contribution in [2.24, 2.45) is 10.9 Å². The molecule has 0 aliphatic carbocycles. The number of carbonyl (C=O) groups is 2. The lowest BCUT2D eigenvalue weighted by Gasteiger charge is -2.36. The number of urea groups is 1. The fraction of sp³-hybridized carbons (Fsp3) is 0.606. The molecule has 3 aliphatic heterocycles. The Hall–Kier alpha value is -3.57. The van der Waals surface area contributed by atoms with Crippen LogP contribution in [0.2, 0.25) is 1.41 Å². The zero-order valence-electron chi connectivity index (χ0n) is 28.8. The van der Waals surface area contributed by atoms with Crippen molar-refractivity contribution in [3.8, 4) is 11.1 Å². The number of hydrogen-bond acceptors (Lipinski definition) is 10. The highest BCUT2D eigenvalue weighted by atomic mass is 16.5. The Bertz CT molecular complexity index is 1460. The number of aliphatic hydroxyl groups excluding tert-OH is 1. The summed E-state index contributed by atoms with van der Waals surface area (Å²) in [5, 5.41) is 25.1. The lowest BCUT2D eigenvalue weighted by molar-refractivity contribution is -0.911. The lowest BCUT2D eigenvalue weighted by Crippen LogP contribution is -2.57. The Morgan fingerprint density at radius 1 is 1.10 bits per heavy atom. The van der Waals surface area contributed by atoms with Crippen LogP contribution in [0, 0.1) is 12.8 Å². The van der Waals surface area contributed by atoms with Gasteiger partial charge in [-0.3, -0.25) is 20.0 Å². The summed E-state index contributed by atoms with van der Waals surface area (Å²) in [5.74, 6) is 0.467. The summed E-state index contributed by atoms with van der Waals surface area (Å²) < 4.78 is 33.9. The molecular formula is C33H49N7O8+2. The highest BCUT2D eigenvalue weighted by Gasteiger charge is 2.41. The smallest absolute Gasteiger partial charge is 0.343 e. The summed E-state index contributed by atoms with van der Waals surface area (Å²) in [4.78, 5) is 31.7. The number of aryl methyl sites for hydroxylation is 1. The van der Waals surface area contributed by atoms with Crippen molar-refractivity contribution >= 4 is 17.8 Å². The van der Waals surface area contributed by atoms with Crippen LogP contribution in [0.15, 0.2) is 41.9 Å². The molecule has 0 spiro atoms. The van der Waals surface area contributed by atoms with E-state index in [9.17, 15) is 14.7 Å². The predicted octanol–water partition coefficient (Wildman–Crippen LogP) is 0.131. The van der Waals surface area contributed by atoms with Gasteiger partial charge in [0.2, 0.25) is 0 Å². The first-order chi connectivity index (χ1) is 23.7. The molecule has 5 N–H and O–H groups in total. The van der Waals surface area contributed by atoms with Crippen LogP contribution in [-0.2, 0) is 25.6 Å². The number of ether oxygens (including phenoxy) is 4. The molecule has 15 heteroatoms. The summed E-state index contributed by atoms with van der Waals surface area (Å²) >= 11 is 0. The van der Waals surface area contributed by atoms with Crippen molar-refractivity contribution in [3.05, 3.63) is 48.0 Å². The topological polar surface area (TPSA) is 171 Å². The van der Waals surface area contributed by atoms with E-state index in [0.717, 1.165) is 16.7 Å². The standard InChI is InChI=1S/C33H47N7O8/c1-23-5-9-38-20-26(23)27-21-39(22-38)10-6-25(27)32(42)35-8-4-12-46-14-16-47-15-13-45-11-3-7-34-31-24(2)19-40(33(43)37-31)30-17-28(41)29(48-30)18-36-44/h5-6,9-10,20-21,24,28-30,36,41,44H,3-4,7-8,11-19,22H2,1-2H3/p+2/i/hD. The molecule has 15 nitrogen and oxygen atoms in total. The average molecular weight is 673 g/mol.